The molecular weight excluding hydrogens is 627 g/mol. The van der Waals surface area contributed by atoms with Gasteiger partial charge in [0.2, 0.25) is 0 Å². The van der Waals surface area contributed by atoms with Crippen LogP contribution in [-0.2, 0) is 54.3 Å². The van der Waals surface area contributed by atoms with Crippen LogP contribution in [0, 0.1) is 0 Å². The third-order valence-corrected chi connectivity index (χ3v) is 7.43. The van der Waals surface area contributed by atoms with Crippen LogP contribution in [0.15, 0.2) is 11.8 Å². The van der Waals surface area contributed by atoms with E-state index in [0.717, 1.165) is 50.7 Å². The largest absolute Gasteiger partial charge is 0.466 e. The average molecular weight is 691 g/mol. The van der Waals surface area contributed by atoms with Crippen LogP contribution in [0.3, 0.4) is 0 Å². The summed E-state index contributed by atoms with van der Waals surface area (Å²) in [4.78, 5) is 41.2. The van der Waals surface area contributed by atoms with Crippen molar-refractivity contribution in [3.05, 3.63) is 11.8 Å². The first-order valence-corrected chi connectivity index (χ1v) is 18.9. The van der Waals surface area contributed by atoms with Gasteiger partial charge in [-0.25, -0.2) is 14.3 Å². The third kappa shape index (κ3) is 39.5. The molecule has 1 fully saturated rings. The molecule has 0 aromatic rings. The Hall–Kier alpha value is -0.710. The Morgan fingerprint density at radius 2 is 1.15 bits per heavy atom. The minimum atomic E-state index is -4.64. The predicted octanol–water partition coefficient (Wildman–Crippen LogP) is 9.21. The van der Waals surface area contributed by atoms with Crippen molar-refractivity contribution in [1.29, 1.82) is 0 Å². The number of phosphoric acid groups is 1. The molecule has 46 heavy (non-hydrogen) atoms. The number of hydrogen-bond acceptors (Lipinski definition) is 11. The zero-order valence-corrected chi connectivity index (χ0v) is 29.2. The second-order valence-electron chi connectivity index (χ2n) is 11.6. The lowest BCUT2D eigenvalue weighted by Crippen LogP contribution is -2.17. The summed E-state index contributed by atoms with van der Waals surface area (Å²) in [5, 5.41) is 26.2. The van der Waals surface area contributed by atoms with Gasteiger partial charge in [0.25, 0.3) is 0 Å². The maximum Gasteiger partial charge on any atom is 0.466 e. The van der Waals surface area contributed by atoms with E-state index in [-0.39, 0.29) is 6.10 Å². The van der Waals surface area contributed by atoms with Gasteiger partial charge < -0.3 is 19.6 Å². The van der Waals surface area contributed by atoms with E-state index in [9.17, 15) is 0 Å². The zero-order valence-electron chi connectivity index (χ0n) is 28.3. The van der Waals surface area contributed by atoms with Crippen molar-refractivity contribution >= 4 is 7.82 Å². The lowest BCUT2D eigenvalue weighted by molar-refractivity contribution is -0.792. The molecule has 3 N–H and O–H groups in total. The van der Waals surface area contributed by atoms with Gasteiger partial charge in [0, 0.05) is 6.42 Å². The minimum Gasteiger partial charge on any atom is -0.313 e. The molecule has 0 aromatic carbocycles. The Bertz CT molecular complexity index is 680. The summed E-state index contributed by atoms with van der Waals surface area (Å²) in [7, 11) is -3.22. The molecule has 0 aromatic heterocycles. The summed E-state index contributed by atoms with van der Waals surface area (Å²) in [5.41, 5.74) is 0. The van der Waals surface area contributed by atoms with Gasteiger partial charge in [-0.15, -0.1) is 0 Å². The molecule has 0 amide bonds. The van der Waals surface area contributed by atoms with E-state index in [4.69, 9.17) is 33.9 Å². The Morgan fingerprint density at radius 1 is 0.652 bits per heavy atom. The second kappa shape index (κ2) is 35.6. The normalized spacial score (nSPS) is 14.3. The maximum absolute atomic E-state index is 8.88. The van der Waals surface area contributed by atoms with Crippen LogP contribution < -0.4 is 0 Å². The summed E-state index contributed by atoms with van der Waals surface area (Å²) in [6.45, 7) is 2.57. The van der Waals surface area contributed by atoms with Crippen molar-refractivity contribution in [3.63, 3.8) is 0 Å². The first-order chi connectivity index (χ1) is 22.4. The fourth-order valence-electron chi connectivity index (χ4n) is 4.99. The fourth-order valence-corrected chi connectivity index (χ4v) is 4.99. The zero-order chi connectivity index (χ0) is 33.8. The molecule has 1 aliphatic rings. The van der Waals surface area contributed by atoms with Crippen LogP contribution in [0.1, 0.15) is 167 Å². The minimum absolute atomic E-state index is 0.00986. The summed E-state index contributed by atoms with van der Waals surface area (Å²) in [5.74, 6) is 0.747. The molecular formula is C31H63O14P. The van der Waals surface area contributed by atoms with Crippen molar-refractivity contribution in [3.8, 4) is 0 Å². The molecule has 0 atom stereocenters. The highest BCUT2D eigenvalue weighted by Gasteiger charge is 2.15. The lowest BCUT2D eigenvalue weighted by atomic mass is 9.98. The predicted molar refractivity (Wildman–Crippen MR) is 169 cm³/mol. The molecule has 0 spiro atoms. The summed E-state index contributed by atoms with van der Waals surface area (Å²) in [6, 6.07) is 0. The number of hydrogen-bond donors (Lipinski definition) is 3. The molecule has 1 aliphatic carbocycles. The fraction of sp³-hybridized carbons (Fsp3) is 0.935. The van der Waals surface area contributed by atoms with E-state index in [2.05, 4.69) is 48.1 Å². The highest BCUT2D eigenvalue weighted by Crippen LogP contribution is 2.26. The second-order valence-corrected chi connectivity index (χ2v) is 12.6. The van der Waals surface area contributed by atoms with E-state index in [0.29, 0.717) is 19.4 Å². The van der Waals surface area contributed by atoms with Crippen LogP contribution in [0.25, 0.3) is 0 Å². The van der Waals surface area contributed by atoms with Crippen molar-refractivity contribution in [2.45, 2.75) is 174 Å². The van der Waals surface area contributed by atoms with Crippen LogP contribution >= 0.6 is 7.82 Å². The van der Waals surface area contributed by atoms with Crippen LogP contribution in [0.2, 0.25) is 0 Å². The summed E-state index contributed by atoms with van der Waals surface area (Å²) in [6.07, 6.45) is 32.4. The van der Waals surface area contributed by atoms with Gasteiger partial charge in [0.1, 0.15) is 5.76 Å². The molecule has 0 radical (unpaired) electrons. The van der Waals surface area contributed by atoms with Crippen LogP contribution in [0.4, 0.5) is 0 Å². The number of rotatable bonds is 32. The smallest absolute Gasteiger partial charge is 0.313 e. The first-order valence-electron chi connectivity index (χ1n) is 17.3. The molecule has 276 valence electrons. The number of allylic oxidation sites excluding steroid dienone is 2. The quantitative estimate of drug-likeness (QED) is 0.0201. The third-order valence-electron chi connectivity index (χ3n) is 7.43. The topological polar surface area (TPSA) is 170 Å². The van der Waals surface area contributed by atoms with E-state index < -0.39 is 7.82 Å². The molecule has 1 saturated carbocycles. The van der Waals surface area contributed by atoms with Gasteiger partial charge in [-0.1, -0.05) is 122 Å². The Balaban J connectivity index is 0.00000373. The molecule has 0 bridgehead atoms. The molecule has 1 rings (SSSR count). The Labute approximate surface area is 276 Å². The molecule has 0 unspecified atom stereocenters. The maximum atomic E-state index is 8.88. The van der Waals surface area contributed by atoms with Crippen LogP contribution in [-0.4, -0.2) is 34.5 Å². The van der Waals surface area contributed by atoms with E-state index in [1.54, 1.807) is 0 Å². The molecule has 0 aliphatic heterocycles. The summed E-state index contributed by atoms with van der Waals surface area (Å²) < 4.78 is 8.88. The Morgan fingerprint density at radius 3 is 1.70 bits per heavy atom. The Kier molecular flexibility index (Phi) is 35.0. The SMILES string of the molecule is CCCCCCCCCCCCCCCCCCC=C(CCCCOOOOOOOC1CCCCC1)OOOC.O=P(O)(O)O. The van der Waals surface area contributed by atoms with Crippen molar-refractivity contribution in [1.82, 2.24) is 0 Å². The lowest BCUT2D eigenvalue weighted by Gasteiger charge is -2.18. The van der Waals surface area contributed by atoms with Crippen LogP contribution in [0.5, 0.6) is 0 Å². The van der Waals surface area contributed by atoms with Crippen molar-refractivity contribution in [2.75, 3.05) is 13.7 Å². The van der Waals surface area contributed by atoms with Gasteiger partial charge in [0.15, 0.2) is 0 Å². The monoisotopic (exact) mass is 690 g/mol. The van der Waals surface area contributed by atoms with E-state index >= 15 is 0 Å². The van der Waals surface area contributed by atoms with E-state index in [1.807, 2.05) is 0 Å². The molecule has 0 saturated heterocycles. The number of unbranched alkanes of at least 4 members (excludes halogenated alkanes) is 17. The first kappa shape index (κ1) is 45.3. The van der Waals surface area contributed by atoms with Gasteiger partial charge in [-0.3, -0.25) is 0 Å². The van der Waals surface area contributed by atoms with Gasteiger partial charge in [-0.05, 0) is 74.8 Å². The molecule has 15 heteroatoms. The van der Waals surface area contributed by atoms with Gasteiger partial charge >= 0.3 is 7.82 Å². The van der Waals surface area contributed by atoms with Crippen molar-refractivity contribution in [2.24, 2.45) is 0 Å². The highest BCUT2D eigenvalue weighted by atomic mass is 31.2. The van der Waals surface area contributed by atoms with Gasteiger partial charge in [0.05, 0.1) is 19.8 Å². The van der Waals surface area contributed by atoms with Crippen molar-refractivity contribution < 1.29 is 69.0 Å². The average Bonchev–Trinajstić information content (AvgIpc) is 3.03. The van der Waals surface area contributed by atoms with E-state index in [1.165, 1.54) is 110 Å². The molecule has 14 nitrogen and oxygen atoms in total. The standard InChI is InChI=1S/C31H60O10.H3O4P/c1-3-4-5-6-7-8-9-10-11-12-13-14-15-16-17-18-20-25-30(34-36-32-2)28-23-24-29-33-37-39-41-40-38-35-31-26-21-19-22-27-31;1-5(2,3)4/h25,31H,3-24,26-29H2,1-2H3;(H3,1,2,3,4). The summed E-state index contributed by atoms with van der Waals surface area (Å²) >= 11 is 0. The molecule has 0 heterocycles. The highest BCUT2D eigenvalue weighted by molar-refractivity contribution is 7.45. The van der Waals surface area contributed by atoms with Gasteiger partial charge in [-0.2, -0.15) is 4.89 Å².